The second kappa shape index (κ2) is 7.51. The SMILES string of the molecule is Cn1cc(-c2ccc3c(=O)n(-c4ccc(F)cc4)c(SCC(=O)O)nc3c2)cn1. The molecule has 2 aromatic carbocycles. The number of aromatic nitrogens is 4. The normalized spacial score (nSPS) is 11.1. The van der Waals surface area contributed by atoms with Gasteiger partial charge in [-0.05, 0) is 42.0 Å². The Morgan fingerprint density at radius 3 is 2.59 bits per heavy atom. The number of halogens is 1. The first-order chi connectivity index (χ1) is 13.9. The van der Waals surface area contributed by atoms with Gasteiger partial charge in [-0.1, -0.05) is 17.8 Å². The molecule has 0 atom stereocenters. The predicted octanol–water partition coefficient (Wildman–Crippen LogP) is 3.10. The highest BCUT2D eigenvalue weighted by atomic mass is 32.2. The van der Waals surface area contributed by atoms with E-state index in [1.54, 1.807) is 23.0 Å². The minimum atomic E-state index is -1.03. The van der Waals surface area contributed by atoms with Gasteiger partial charge in [0.2, 0.25) is 0 Å². The maximum atomic E-state index is 13.3. The zero-order chi connectivity index (χ0) is 20.5. The van der Waals surface area contributed by atoms with Gasteiger partial charge in [-0.3, -0.25) is 18.8 Å². The lowest BCUT2D eigenvalue weighted by atomic mass is 10.1. The Morgan fingerprint density at radius 2 is 1.93 bits per heavy atom. The van der Waals surface area contributed by atoms with E-state index < -0.39 is 11.8 Å². The molecule has 0 amide bonds. The Labute approximate surface area is 168 Å². The molecule has 0 bridgehead atoms. The maximum Gasteiger partial charge on any atom is 0.313 e. The third kappa shape index (κ3) is 3.77. The predicted molar refractivity (Wildman–Crippen MR) is 108 cm³/mol. The van der Waals surface area contributed by atoms with Crippen LogP contribution in [-0.2, 0) is 11.8 Å². The van der Waals surface area contributed by atoms with Crippen molar-refractivity contribution in [3.8, 4) is 16.8 Å². The third-order valence-electron chi connectivity index (χ3n) is 4.29. The molecule has 0 aliphatic carbocycles. The topological polar surface area (TPSA) is 90.0 Å². The van der Waals surface area contributed by atoms with Crippen LogP contribution in [0.1, 0.15) is 0 Å². The first kappa shape index (κ1) is 18.9. The number of carbonyl (C=O) groups is 1. The van der Waals surface area contributed by atoms with E-state index in [0.717, 1.165) is 22.9 Å². The molecule has 29 heavy (non-hydrogen) atoms. The molecule has 9 heteroatoms. The van der Waals surface area contributed by atoms with E-state index in [4.69, 9.17) is 5.11 Å². The zero-order valence-electron chi connectivity index (χ0n) is 15.2. The van der Waals surface area contributed by atoms with E-state index in [-0.39, 0.29) is 16.5 Å². The summed E-state index contributed by atoms with van der Waals surface area (Å²) in [6.07, 6.45) is 3.56. The van der Waals surface area contributed by atoms with Crippen molar-refractivity contribution in [2.75, 3.05) is 5.75 Å². The Kier molecular flexibility index (Phi) is 4.89. The van der Waals surface area contributed by atoms with Gasteiger partial charge in [-0.25, -0.2) is 9.37 Å². The molecule has 146 valence electrons. The van der Waals surface area contributed by atoms with E-state index in [1.165, 1.54) is 28.8 Å². The van der Waals surface area contributed by atoms with Gasteiger partial charge in [0.05, 0.1) is 28.5 Å². The number of fused-ring (bicyclic) bond motifs is 1. The van der Waals surface area contributed by atoms with Crippen LogP contribution in [0.4, 0.5) is 4.39 Å². The number of nitrogens with zero attached hydrogens (tertiary/aromatic N) is 4. The molecule has 0 spiro atoms. The largest absolute Gasteiger partial charge is 0.481 e. The number of hydrogen-bond acceptors (Lipinski definition) is 5. The fourth-order valence-corrected chi connectivity index (χ4v) is 3.69. The molecule has 0 unspecified atom stereocenters. The van der Waals surface area contributed by atoms with Crippen LogP contribution in [0.3, 0.4) is 0 Å². The van der Waals surface area contributed by atoms with Crippen molar-refractivity contribution >= 4 is 28.6 Å². The second-order valence-corrected chi connectivity index (χ2v) is 7.27. The van der Waals surface area contributed by atoms with Gasteiger partial charge in [-0.15, -0.1) is 0 Å². The molecule has 7 nitrogen and oxygen atoms in total. The van der Waals surface area contributed by atoms with Crippen LogP contribution in [0.15, 0.2) is 64.8 Å². The summed E-state index contributed by atoms with van der Waals surface area (Å²) in [6, 6.07) is 10.7. The molecule has 0 saturated carbocycles. The highest BCUT2D eigenvalue weighted by molar-refractivity contribution is 7.99. The van der Waals surface area contributed by atoms with Crippen LogP contribution in [0.25, 0.3) is 27.7 Å². The second-order valence-electron chi connectivity index (χ2n) is 6.33. The Bertz CT molecular complexity index is 1280. The number of carboxylic acids is 1. The standard InChI is InChI=1S/C20H15FN4O3S/c1-24-10-13(9-22-24)12-2-7-16-17(8-12)23-20(29-11-18(26)27)25(19(16)28)15-5-3-14(21)4-6-15/h2-10H,11H2,1H3,(H,26,27). The third-order valence-corrected chi connectivity index (χ3v) is 5.21. The number of aryl methyl sites for hydroxylation is 1. The lowest BCUT2D eigenvalue weighted by Gasteiger charge is -2.13. The Hall–Kier alpha value is -3.46. The van der Waals surface area contributed by atoms with Gasteiger partial charge in [-0.2, -0.15) is 5.10 Å². The summed E-state index contributed by atoms with van der Waals surface area (Å²) in [5, 5.41) is 13.8. The van der Waals surface area contributed by atoms with Crippen molar-refractivity contribution in [2.45, 2.75) is 5.16 Å². The van der Waals surface area contributed by atoms with Gasteiger partial charge in [0.1, 0.15) is 5.82 Å². The summed E-state index contributed by atoms with van der Waals surface area (Å²) in [6.45, 7) is 0. The molecule has 0 saturated heterocycles. The van der Waals surface area contributed by atoms with Crippen LogP contribution >= 0.6 is 11.8 Å². The van der Waals surface area contributed by atoms with E-state index in [2.05, 4.69) is 10.1 Å². The summed E-state index contributed by atoms with van der Waals surface area (Å²) in [4.78, 5) is 28.8. The van der Waals surface area contributed by atoms with Crippen LogP contribution < -0.4 is 5.56 Å². The first-order valence-electron chi connectivity index (χ1n) is 8.59. The van der Waals surface area contributed by atoms with Crippen LogP contribution in [0.5, 0.6) is 0 Å². The van der Waals surface area contributed by atoms with Gasteiger partial charge < -0.3 is 5.11 Å². The molecule has 2 aromatic heterocycles. The van der Waals surface area contributed by atoms with Crippen molar-refractivity contribution in [3.63, 3.8) is 0 Å². The average molecular weight is 410 g/mol. The fourth-order valence-electron chi connectivity index (χ4n) is 2.96. The number of benzene rings is 2. The molecule has 4 aromatic rings. The van der Waals surface area contributed by atoms with Gasteiger partial charge in [0, 0.05) is 18.8 Å². The Morgan fingerprint density at radius 1 is 1.17 bits per heavy atom. The summed E-state index contributed by atoms with van der Waals surface area (Å²) in [5.41, 5.74) is 2.22. The molecule has 4 rings (SSSR count). The minimum Gasteiger partial charge on any atom is -0.481 e. The monoisotopic (exact) mass is 410 g/mol. The van der Waals surface area contributed by atoms with Gasteiger partial charge in [0.25, 0.3) is 5.56 Å². The Balaban J connectivity index is 1.92. The summed E-state index contributed by atoms with van der Waals surface area (Å²) >= 11 is 0.931. The molecule has 0 aliphatic heterocycles. The molecular weight excluding hydrogens is 395 g/mol. The maximum absolute atomic E-state index is 13.3. The van der Waals surface area contributed by atoms with Gasteiger partial charge >= 0.3 is 5.97 Å². The first-order valence-corrected chi connectivity index (χ1v) is 9.57. The minimum absolute atomic E-state index is 0.222. The molecule has 0 aliphatic rings. The summed E-state index contributed by atoms with van der Waals surface area (Å²) in [7, 11) is 1.81. The van der Waals surface area contributed by atoms with E-state index >= 15 is 0 Å². The van der Waals surface area contributed by atoms with E-state index in [9.17, 15) is 14.0 Å². The highest BCUT2D eigenvalue weighted by Crippen LogP contribution is 2.25. The number of carboxylic acid groups (broad SMARTS) is 1. The quantitative estimate of drug-likeness (QED) is 0.402. The smallest absolute Gasteiger partial charge is 0.313 e. The summed E-state index contributed by atoms with van der Waals surface area (Å²) < 4.78 is 16.3. The molecule has 0 radical (unpaired) electrons. The van der Waals surface area contributed by atoms with Crippen molar-refractivity contribution < 1.29 is 14.3 Å². The molecule has 2 heterocycles. The van der Waals surface area contributed by atoms with Crippen LogP contribution in [0, 0.1) is 5.82 Å². The van der Waals surface area contributed by atoms with E-state index in [1.807, 2.05) is 19.3 Å². The number of thioether (sulfide) groups is 1. The highest BCUT2D eigenvalue weighted by Gasteiger charge is 2.15. The van der Waals surface area contributed by atoms with Gasteiger partial charge in [0.15, 0.2) is 5.16 Å². The van der Waals surface area contributed by atoms with Crippen molar-refractivity contribution in [1.29, 1.82) is 0 Å². The van der Waals surface area contributed by atoms with Crippen molar-refractivity contribution in [2.24, 2.45) is 7.05 Å². The number of rotatable bonds is 5. The molecule has 1 N–H and O–H groups in total. The summed E-state index contributed by atoms with van der Waals surface area (Å²) in [5.74, 6) is -1.72. The lowest BCUT2D eigenvalue weighted by Crippen LogP contribution is -2.22. The number of aliphatic carboxylic acids is 1. The van der Waals surface area contributed by atoms with E-state index in [0.29, 0.717) is 16.6 Å². The average Bonchev–Trinajstić information content (AvgIpc) is 3.13. The lowest BCUT2D eigenvalue weighted by molar-refractivity contribution is -0.133. The van der Waals surface area contributed by atoms with Crippen molar-refractivity contribution in [1.82, 2.24) is 19.3 Å². The fraction of sp³-hybridized carbons (Fsp3) is 0.100. The molecular formula is C20H15FN4O3S. The molecule has 0 fully saturated rings. The van der Waals surface area contributed by atoms with Crippen molar-refractivity contribution in [3.05, 3.63) is 71.0 Å². The van der Waals surface area contributed by atoms with Crippen LogP contribution in [0.2, 0.25) is 0 Å². The zero-order valence-corrected chi connectivity index (χ0v) is 16.1. The number of hydrogen-bond donors (Lipinski definition) is 1. The van der Waals surface area contributed by atoms with Crippen LogP contribution in [-0.4, -0.2) is 36.2 Å².